The van der Waals surface area contributed by atoms with Gasteiger partial charge in [-0.25, -0.2) is 4.79 Å². The first-order valence-corrected chi connectivity index (χ1v) is 14.2. The van der Waals surface area contributed by atoms with Crippen LogP contribution < -0.4 is 20.2 Å². The Balaban J connectivity index is 1.69. The topological polar surface area (TPSA) is 131 Å². The second-order valence-corrected chi connectivity index (χ2v) is 12.3. The summed E-state index contributed by atoms with van der Waals surface area (Å²) in [6.07, 6.45) is -3.12. The van der Waals surface area contributed by atoms with Crippen LogP contribution in [0, 0.1) is 0 Å². The fraction of sp³-hybridized carbons (Fsp3) is 0.394. The highest BCUT2D eigenvalue weighted by atomic mass is 16.6. The van der Waals surface area contributed by atoms with Crippen molar-refractivity contribution < 1.29 is 38.1 Å². The summed E-state index contributed by atoms with van der Waals surface area (Å²) < 4.78 is 30.8. The summed E-state index contributed by atoms with van der Waals surface area (Å²) in [6, 6.07) is 13.1. The number of carbonyl (C=O) groups excluding carboxylic acids is 3. The van der Waals surface area contributed by atoms with Crippen molar-refractivity contribution in [1.82, 2.24) is 9.88 Å². The molecule has 0 saturated heterocycles. The number of fused-ring (bicyclic) bond motifs is 5. The molecule has 3 aromatic carbocycles. The lowest BCUT2D eigenvalue weighted by Gasteiger charge is -2.43. The molecule has 2 atom stereocenters. The van der Waals surface area contributed by atoms with Gasteiger partial charge in [0.05, 0.1) is 29.1 Å². The van der Waals surface area contributed by atoms with E-state index in [9.17, 15) is 19.2 Å². The van der Waals surface area contributed by atoms with Gasteiger partial charge in [0.2, 0.25) is 5.43 Å². The predicted octanol–water partition coefficient (Wildman–Crippen LogP) is 5.07. The van der Waals surface area contributed by atoms with Gasteiger partial charge in [0.1, 0.15) is 29.2 Å². The summed E-state index contributed by atoms with van der Waals surface area (Å²) in [5.41, 5.74) is -0.853. The number of pyridine rings is 1. The van der Waals surface area contributed by atoms with Crippen LogP contribution in [0.25, 0.3) is 32.6 Å². The van der Waals surface area contributed by atoms with Crippen LogP contribution in [0.2, 0.25) is 0 Å². The second kappa shape index (κ2) is 11.0. The molecule has 1 aliphatic heterocycles. The molecule has 2 heterocycles. The maximum absolute atomic E-state index is 14.1. The van der Waals surface area contributed by atoms with Gasteiger partial charge < -0.3 is 33.6 Å². The van der Waals surface area contributed by atoms with Gasteiger partial charge in [-0.15, -0.1) is 0 Å². The highest BCUT2D eigenvalue weighted by Gasteiger charge is 2.50. The van der Waals surface area contributed by atoms with Gasteiger partial charge in [-0.05, 0) is 57.5 Å². The zero-order valence-corrected chi connectivity index (χ0v) is 26.0. The molecular weight excluding hydrogens is 568 g/mol. The zero-order chi connectivity index (χ0) is 32.1. The van der Waals surface area contributed by atoms with Crippen molar-refractivity contribution in [3.63, 3.8) is 0 Å². The molecule has 0 saturated carbocycles. The number of aromatic nitrogens is 1. The third kappa shape index (κ3) is 5.61. The Hall–Kier alpha value is -4.80. The molecule has 11 nitrogen and oxygen atoms in total. The van der Waals surface area contributed by atoms with E-state index in [-0.39, 0.29) is 16.6 Å². The molecule has 0 fully saturated rings. The molecule has 1 N–H and O–H groups in total. The van der Waals surface area contributed by atoms with Crippen LogP contribution >= 0.6 is 0 Å². The molecule has 11 heteroatoms. The average molecular weight is 605 g/mol. The van der Waals surface area contributed by atoms with E-state index in [1.54, 1.807) is 47.7 Å². The number of alkyl carbamates (subject to hydrolysis) is 1. The van der Waals surface area contributed by atoms with Gasteiger partial charge in [-0.3, -0.25) is 14.4 Å². The Morgan fingerprint density at radius 1 is 1.05 bits per heavy atom. The molecule has 0 bridgehead atoms. The molecule has 1 amide bonds. The Labute approximate surface area is 254 Å². The van der Waals surface area contributed by atoms with E-state index >= 15 is 0 Å². The standard InChI is InChI=1S/C33H36N2O9/c1-17(36)41-29-26-23(43-33(5,6)30(29)42-24(37)16-34-31(39)44-32(2,3)4)15-22(40-8)25-27(26)35(7)21-14-19-12-10-9-11-18(19)13-20(21)28(25)38/h9-15,29-30H,16H2,1-8H3,(H,34,39)/t29-,30-/m0/s1. The van der Waals surface area contributed by atoms with Crippen LogP contribution in [0.3, 0.4) is 0 Å². The number of rotatable bonds is 5. The first kappa shape index (κ1) is 30.7. The van der Waals surface area contributed by atoms with Crippen LogP contribution in [0.1, 0.15) is 53.2 Å². The summed E-state index contributed by atoms with van der Waals surface area (Å²) in [5, 5.41) is 4.96. The van der Waals surface area contributed by atoms with Gasteiger partial charge in [-0.2, -0.15) is 0 Å². The van der Waals surface area contributed by atoms with E-state index in [0.717, 1.165) is 10.8 Å². The SMILES string of the molecule is COc1cc2c(c3c1c(=O)c1cc4ccccc4cc1n3C)[C@H](OC(C)=O)[C@H](OC(=O)CNC(=O)OC(C)(C)C)C(C)(C)O2. The number of amides is 1. The fourth-order valence-corrected chi connectivity index (χ4v) is 5.67. The lowest BCUT2D eigenvalue weighted by atomic mass is 9.86. The summed E-state index contributed by atoms with van der Waals surface area (Å²) in [5.74, 6) is -0.849. The van der Waals surface area contributed by atoms with Crippen LogP contribution in [0.5, 0.6) is 11.5 Å². The Morgan fingerprint density at radius 2 is 1.70 bits per heavy atom. The van der Waals surface area contributed by atoms with Crippen LogP contribution in [-0.2, 0) is 30.8 Å². The van der Waals surface area contributed by atoms with Gasteiger partial charge in [0, 0.05) is 25.4 Å². The van der Waals surface area contributed by atoms with Gasteiger partial charge in [0.15, 0.2) is 12.2 Å². The van der Waals surface area contributed by atoms with E-state index in [0.29, 0.717) is 27.7 Å². The van der Waals surface area contributed by atoms with Gasteiger partial charge in [0.25, 0.3) is 0 Å². The highest BCUT2D eigenvalue weighted by Crippen LogP contribution is 2.49. The van der Waals surface area contributed by atoms with Crippen molar-refractivity contribution in [1.29, 1.82) is 0 Å². The molecule has 0 aliphatic carbocycles. The largest absolute Gasteiger partial charge is 0.496 e. The minimum absolute atomic E-state index is 0.258. The normalized spacial score (nSPS) is 17.5. The molecule has 0 unspecified atom stereocenters. The van der Waals surface area contributed by atoms with Crippen molar-refractivity contribution in [2.24, 2.45) is 7.05 Å². The number of esters is 2. The maximum atomic E-state index is 14.1. The van der Waals surface area contributed by atoms with Crippen molar-refractivity contribution in [3.05, 3.63) is 58.3 Å². The molecule has 1 aromatic heterocycles. The maximum Gasteiger partial charge on any atom is 0.408 e. The number of hydrogen-bond acceptors (Lipinski definition) is 9. The van der Waals surface area contributed by atoms with Crippen molar-refractivity contribution in [2.45, 2.75) is 65.0 Å². The quantitative estimate of drug-likeness (QED) is 0.189. The van der Waals surface area contributed by atoms with E-state index in [1.807, 2.05) is 41.0 Å². The number of nitrogens with one attached hydrogen (secondary N) is 1. The monoisotopic (exact) mass is 604 g/mol. The van der Waals surface area contributed by atoms with Gasteiger partial charge >= 0.3 is 18.0 Å². The van der Waals surface area contributed by atoms with E-state index in [1.165, 1.54) is 14.0 Å². The van der Waals surface area contributed by atoms with Crippen LogP contribution in [0.4, 0.5) is 4.79 Å². The number of benzene rings is 3. The predicted molar refractivity (Wildman–Crippen MR) is 164 cm³/mol. The number of ether oxygens (including phenoxy) is 5. The zero-order valence-electron chi connectivity index (χ0n) is 26.0. The van der Waals surface area contributed by atoms with Crippen LogP contribution in [0.15, 0.2) is 47.3 Å². The van der Waals surface area contributed by atoms with Crippen LogP contribution in [-0.4, -0.2) is 53.6 Å². The smallest absolute Gasteiger partial charge is 0.408 e. The summed E-state index contributed by atoms with van der Waals surface area (Å²) >= 11 is 0. The number of carbonyl (C=O) groups is 3. The first-order chi connectivity index (χ1) is 20.6. The average Bonchev–Trinajstić information content (AvgIpc) is 2.93. The molecule has 0 radical (unpaired) electrons. The minimum Gasteiger partial charge on any atom is -0.496 e. The molecule has 5 rings (SSSR count). The molecule has 44 heavy (non-hydrogen) atoms. The molecule has 4 aromatic rings. The fourth-order valence-electron chi connectivity index (χ4n) is 5.67. The molecule has 0 spiro atoms. The molecule has 232 valence electrons. The van der Waals surface area contributed by atoms with Crippen molar-refractivity contribution >= 4 is 50.6 Å². The summed E-state index contributed by atoms with van der Waals surface area (Å²) in [4.78, 5) is 51.8. The first-order valence-electron chi connectivity index (χ1n) is 14.2. The van der Waals surface area contributed by atoms with Crippen molar-refractivity contribution in [3.8, 4) is 11.5 Å². The Morgan fingerprint density at radius 3 is 2.32 bits per heavy atom. The summed E-state index contributed by atoms with van der Waals surface area (Å²) in [6.45, 7) is 9.23. The Bertz CT molecular complexity index is 1880. The van der Waals surface area contributed by atoms with E-state index in [4.69, 9.17) is 23.7 Å². The minimum atomic E-state index is -1.21. The lowest BCUT2D eigenvalue weighted by molar-refractivity contribution is -0.188. The summed E-state index contributed by atoms with van der Waals surface area (Å²) in [7, 11) is 3.26. The lowest BCUT2D eigenvalue weighted by Crippen LogP contribution is -2.53. The molecular formula is C33H36N2O9. The highest BCUT2D eigenvalue weighted by molar-refractivity contribution is 6.04. The third-order valence-corrected chi connectivity index (χ3v) is 7.46. The number of aryl methyl sites for hydroxylation is 1. The van der Waals surface area contributed by atoms with Crippen molar-refractivity contribution in [2.75, 3.05) is 13.7 Å². The number of hydrogen-bond donors (Lipinski definition) is 1. The number of methoxy groups -OCH3 is 1. The molecule has 1 aliphatic rings. The third-order valence-electron chi connectivity index (χ3n) is 7.46. The van der Waals surface area contributed by atoms with E-state index < -0.39 is 48.0 Å². The van der Waals surface area contributed by atoms with Gasteiger partial charge in [-0.1, -0.05) is 24.3 Å². The number of nitrogens with zero attached hydrogens (tertiary/aromatic N) is 1. The van der Waals surface area contributed by atoms with E-state index in [2.05, 4.69) is 5.32 Å². The second-order valence-electron chi connectivity index (χ2n) is 12.3. The Kier molecular flexibility index (Phi) is 7.69.